The second-order valence-electron chi connectivity index (χ2n) is 4.39. The van der Waals surface area contributed by atoms with E-state index in [0.717, 1.165) is 17.0 Å². The Morgan fingerprint density at radius 1 is 1.20 bits per heavy atom. The fraction of sp³-hybridized carbons (Fsp3) is 0.188. The largest absolute Gasteiger partial charge is 0.508 e. The van der Waals surface area contributed by atoms with Gasteiger partial charge in [-0.2, -0.15) is 0 Å². The lowest BCUT2D eigenvalue weighted by atomic mass is 10.1. The Balaban J connectivity index is 1.89. The molecule has 20 heavy (non-hydrogen) atoms. The van der Waals surface area contributed by atoms with E-state index in [1.807, 2.05) is 30.3 Å². The Bertz CT molecular complexity index is 599. The topological polar surface area (TPSA) is 49.3 Å². The summed E-state index contributed by atoms with van der Waals surface area (Å²) in [6.45, 7) is 2.08. The number of aromatic hydroxyl groups is 1. The number of phenols is 1. The molecule has 0 saturated carbocycles. The van der Waals surface area contributed by atoms with Gasteiger partial charge in [0.05, 0.1) is 5.75 Å². The number of hydrogen-bond acceptors (Lipinski definition) is 3. The number of phenolic OH excluding ortho intramolecular Hbond substituents is 1. The Kier molecular flexibility index (Phi) is 5.07. The van der Waals surface area contributed by atoms with Crippen LogP contribution in [0.5, 0.6) is 5.75 Å². The smallest absolute Gasteiger partial charge is 0.234 e. The van der Waals surface area contributed by atoms with E-state index in [-0.39, 0.29) is 11.7 Å². The molecule has 2 rings (SSSR count). The van der Waals surface area contributed by atoms with E-state index in [9.17, 15) is 9.90 Å². The summed E-state index contributed by atoms with van der Waals surface area (Å²) in [5, 5.41) is 12.2. The molecule has 0 saturated heterocycles. The second kappa shape index (κ2) is 7.01. The van der Waals surface area contributed by atoms with Gasteiger partial charge in [0.15, 0.2) is 0 Å². The molecule has 0 spiro atoms. The first-order chi connectivity index (χ1) is 9.67. The average Bonchev–Trinajstić information content (AvgIpc) is 2.45. The first-order valence-corrected chi connectivity index (χ1v) is 7.46. The Morgan fingerprint density at radius 2 is 2.00 bits per heavy atom. The molecule has 0 bridgehead atoms. The zero-order valence-electron chi connectivity index (χ0n) is 11.3. The number of thioether (sulfide) groups is 1. The first-order valence-electron chi connectivity index (χ1n) is 6.48. The van der Waals surface area contributed by atoms with Crippen molar-refractivity contribution in [3.8, 4) is 5.75 Å². The zero-order valence-corrected chi connectivity index (χ0v) is 12.1. The highest BCUT2D eigenvalue weighted by atomic mass is 32.2. The van der Waals surface area contributed by atoms with Gasteiger partial charge in [0.1, 0.15) is 5.75 Å². The maximum atomic E-state index is 11.9. The highest BCUT2D eigenvalue weighted by Crippen LogP contribution is 2.22. The van der Waals surface area contributed by atoms with E-state index in [2.05, 4.69) is 12.2 Å². The number of hydrogen-bond donors (Lipinski definition) is 2. The molecule has 0 radical (unpaired) electrons. The molecule has 1 amide bonds. The molecule has 0 aliphatic carbocycles. The van der Waals surface area contributed by atoms with Crippen molar-refractivity contribution < 1.29 is 9.90 Å². The van der Waals surface area contributed by atoms with E-state index in [1.165, 1.54) is 17.3 Å². The monoisotopic (exact) mass is 287 g/mol. The van der Waals surface area contributed by atoms with E-state index >= 15 is 0 Å². The number of amides is 1. The fourth-order valence-corrected chi connectivity index (χ4v) is 2.54. The standard InChI is InChI=1S/C16H17NO2S/c1-2-12-5-3-6-13(9-12)17-16(19)11-20-15-8-4-7-14(18)10-15/h3-10,18H,2,11H2,1H3,(H,17,19). The first kappa shape index (κ1) is 14.5. The van der Waals surface area contributed by atoms with E-state index in [0.29, 0.717) is 5.75 Å². The minimum Gasteiger partial charge on any atom is -0.508 e. The minimum atomic E-state index is -0.0494. The predicted molar refractivity (Wildman–Crippen MR) is 83.3 cm³/mol. The van der Waals surface area contributed by atoms with Gasteiger partial charge in [0.25, 0.3) is 0 Å². The second-order valence-corrected chi connectivity index (χ2v) is 5.44. The third kappa shape index (κ3) is 4.31. The molecule has 4 heteroatoms. The summed E-state index contributed by atoms with van der Waals surface area (Å²) >= 11 is 1.40. The van der Waals surface area contributed by atoms with Gasteiger partial charge in [-0.25, -0.2) is 0 Å². The summed E-state index contributed by atoms with van der Waals surface area (Å²) in [4.78, 5) is 12.8. The van der Waals surface area contributed by atoms with E-state index in [4.69, 9.17) is 0 Å². The highest BCUT2D eigenvalue weighted by molar-refractivity contribution is 8.00. The third-order valence-corrected chi connectivity index (χ3v) is 3.80. The fourth-order valence-electron chi connectivity index (χ4n) is 1.79. The highest BCUT2D eigenvalue weighted by Gasteiger charge is 2.04. The number of anilines is 1. The summed E-state index contributed by atoms with van der Waals surface area (Å²) < 4.78 is 0. The number of carbonyl (C=O) groups is 1. The molecule has 0 aliphatic rings. The quantitative estimate of drug-likeness (QED) is 0.825. The van der Waals surface area contributed by atoms with Gasteiger partial charge in [-0.15, -0.1) is 11.8 Å². The van der Waals surface area contributed by atoms with Crippen molar-refractivity contribution in [1.82, 2.24) is 0 Å². The van der Waals surface area contributed by atoms with Crippen LogP contribution in [0.3, 0.4) is 0 Å². The predicted octanol–water partition coefficient (Wildman–Crippen LogP) is 3.69. The average molecular weight is 287 g/mol. The zero-order chi connectivity index (χ0) is 14.4. The van der Waals surface area contributed by atoms with Crippen LogP contribution >= 0.6 is 11.8 Å². The van der Waals surface area contributed by atoms with Crippen molar-refractivity contribution in [2.75, 3.05) is 11.1 Å². The maximum absolute atomic E-state index is 11.9. The number of carbonyl (C=O) groups excluding carboxylic acids is 1. The van der Waals surface area contributed by atoms with Crippen LogP contribution in [0.15, 0.2) is 53.4 Å². The lowest BCUT2D eigenvalue weighted by Gasteiger charge is -2.07. The third-order valence-electron chi connectivity index (χ3n) is 2.81. The van der Waals surface area contributed by atoms with Crippen LogP contribution in [0.4, 0.5) is 5.69 Å². The molecule has 0 fully saturated rings. The summed E-state index contributed by atoms with van der Waals surface area (Å²) in [5.41, 5.74) is 2.02. The summed E-state index contributed by atoms with van der Waals surface area (Å²) in [5.74, 6) is 0.484. The Labute approximate surface area is 123 Å². The SMILES string of the molecule is CCc1cccc(NC(=O)CSc2cccc(O)c2)c1. The van der Waals surface area contributed by atoms with Crippen LogP contribution in [-0.2, 0) is 11.2 Å². The normalized spacial score (nSPS) is 10.2. The molecule has 104 valence electrons. The van der Waals surface area contributed by atoms with Gasteiger partial charge in [-0.1, -0.05) is 25.1 Å². The number of aryl methyl sites for hydroxylation is 1. The molecule has 0 atom stereocenters. The lowest BCUT2D eigenvalue weighted by Crippen LogP contribution is -2.14. The van der Waals surface area contributed by atoms with Crippen LogP contribution in [0.2, 0.25) is 0 Å². The summed E-state index contributed by atoms with van der Waals surface area (Å²) in [7, 11) is 0. The van der Waals surface area contributed by atoms with Gasteiger partial charge in [-0.05, 0) is 42.3 Å². The van der Waals surface area contributed by atoms with Crippen molar-refractivity contribution in [1.29, 1.82) is 0 Å². The molecule has 0 heterocycles. The molecular formula is C16H17NO2S. The summed E-state index contributed by atoms with van der Waals surface area (Å²) in [6.07, 6.45) is 0.946. The maximum Gasteiger partial charge on any atom is 0.234 e. The molecule has 2 N–H and O–H groups in total. The van der Waals surface area contributed by atoms with Crippen molar-refractivity contribution in [3.63, 3.8) is 0 Å². The Hall–Kier alpha value is -1.94. The van der Waals surface area contributed by atoms with E-state index in [1.54, 1.807) is 18.2 Å². The van der Waals surface area contributed by atoms with Crippen molar-refractivity contribution in [2.45, 2.75) is 18.2 Å². The van der Waals surface area contributed by atoms with Crippen LogP contribution in [0.25, 0.3) is 0 Å². The number of benzene rings is 2. The molecule has 0 aliphatic heterocycles. The number of rotatable bonds is 5. The lowest BCUT2D eigenvalue weighted by molar-refractivity contribution is -0.113. The van der Waals surface area contributed by atoms with Crippen molar-refractivity contribution >= 4 is 23.4 Å². The summed E-state index contributed by atoms with van der Waals surface area (Å²) in [6, 6.07) is 14.7. The van der Waals surface area contributed by atoms with Crippen LogP contribution in [0.1, 0.15) is 12.5 Å². The van der Waals surface area contributed by atoms with Crippen LogP contribution in [0, 0.1) is 0 Å². The molecule has 3 nitrogen and oxygen atoms in total. The molecular weight excluding hydrogens is 270 g/mol. The molecule has 0 unspecified atom stereocenters. The molecule has 2 aromatic carbocycles. The van der Waals surface area contributed by atoms with E-state index < -0.39 is 0 Å². The minimum absolute atomic E-state index is 0.0494. The molecule has 0 aromatic heterocycles. The van der Waals surface area contributed by atoms with Crippen LogP contribution < -0.4 is 5.32 Å². The van der Waals surface area contributed by atoms with Crippen molar-refractivity contribution in [2.24, 2.45) is 0 Å². The van der Waals surface area contributed by atoms with Gasteiger partial charge in [-0.3, -0.25) is 4.79 Å². The van der Waals surface area contributed by atoms with Crippen LogP contribution in [-0.4, -0.2) is 16.8 Å². The molecule has 2 aromatic rings. The van der Waals surface area contributed by atoms with Crippen molar-refractivity contribution in [3.05, 3.63) is 54.1 Å². The van der Waals surface area contributed by atoms with Gasteiger partial charge < -0.3 is 10.4 Å². The Morgan fingerprint density at radius 3 is 2.75 bits per heavy atom. The van der Waals surface area contributed by atoms with Gasteiger partial charge in [0, 0.05) is 10.6 Å². The number of nitrogens with one attached hydrogen (secondary N) is 1. The van der Waals surface area contributed by atoms with Gasteiger partial charge >= 0.3 is 0 Å². The van der Waals surface area contributed by atoms with Gasteiger partial charge in [0.2, 0.25) is 5.91 Å².